The topological polar surface area (TPSA) is 84.2 Å². The molecule has 0 amide bonds. The molecule has 0 bridgehead atoms. The minimum Gasteiger partial charge on any atom is -0.465 e. The van der Waals surface area contributed by atoms with Crippen molar-refractivity contribution in [2.24, 2.45) is 5.41 Å². The molecule has 5 nitrogen and oxygen atoms in total. The van der Waals surface area contributed by atoms with E-state index in [0.717, 1.165) is 12.0 Å². The van der Waals surface area contributed by atoms with E-state index >= 15 is 0 Å². The van der Waals surface area contributed by atoms with Gasteiger partial charge in [-0.2, -0.15) is 5.26 Å². The van der Waals surface area contributed by atoms with Gasteiger partial charge in [0.05, 0.1) is 17.6 Å². The summed E-state index contributed by atoms with van der Waals surface area (Å²) in [5.41, 5.74) is -0.0445. The summed E-state index contributed by atoms with van der Waals surface area (Å²) in [4.78, 5) is 12.7. The zero-order valence-corrected chi connectivity index (χ0v) is 17.1. The molecule has 1 fully saturated rings. The highest BCUT2D eigenvalue weighted by Crippen LogP contribution is 2.64. The summed E-state index contributed by atoms with van der Waals surface area (Å²) in [7, 11) is -3.96. The summed E-state index contributed by atoms with van der Waals surface area (Å²) < 4.78 is 31.7. The summed E-state index contributed by atoms with van der Waals surface area (Å²) in [6.45, 7) is 3.70. The Hall–Kier alpha value is -2.36. The number of nitrogens with zero attached hydrogens (tertiary/aromatic N) is 1. The van der Waals surface area contributed by atoms with Crippen LogP contribution in [-0.2, 0) is 25.8 Å². The Balaban J connectivity index is 2.11. The van der Waals surface area contributed by atoms with Crippen LogP contribution < -0.4 is 0 Å². The number of halogens is 1. The van der Waals surface area contributed by atoms with Gasteiger partial charge in [0, 0.05) is 10.9 Å². The molecule has 1 saturated carbocycles. The molecule has 0 saturated heterocycles. The number of carbonyl (C=O) groups is 1. The summed E-state index contributed by atoms with van der Waals surface area (Å²) in [6, 6.07) is 15.0. The molecule has 1 aliphatic carbocycles. The average molecular weight is 418 g/mol. The quantitative estimate of drug-likeness (QED) is 0.665. The lowest BCUT2D eigenvalue weighted by atomic mass is 9.99. The molecule has 3 atom stereocenters. The minimum atomic E-state index is -3.96. The maximum Gasteiger partial charge on any atom is 0.328 e. The molecule has 1 aliphatic rings. The van der Waals surface area contributed by atoms with Crippen molar-refractivity contribution in [2.75, 3.05) is 6.61 Å². The monoisotopic (exact) mass is 417 g/mol. The van der Waals surface area contributed by atoms with E-state index in [2.05, 4.69) is 0 Å². The lowest BCUT2D eigenvalue weighted by molar-refractivity contribution is -0.147. The number of benzene rings is 2. The molecule has 0 spiro atoms. The fourth-order valence-corrected chi connectivity index (χ4v) is 5.99. The number of nitriles is 1. The number of sulfone groups is 1. The molecule has 0 unspecified atom stereocenters. The molecule has 0 aromatic heterocycles. The molecule has 7 heteroatoms. The predicted molar refractivity (Wildman–Crippen MR) is 106 cm³/mol. The van der Waals surface area contributed by atoms with Gasteiger partial charge in [-0.15, -0.1) is 0 Å². The zero-order chi connectivity index (χ0) is 20.5. The van der Waals surface area contributed by atoms with Crippen LogP contribution in [0.5, 0.6) is 0 Å². The van der Waals surface area contributed by atoms with Crippen molar-refractivity contribution >= 4 is 27.4 Å². The fraction of sp³-hybridized carbons (Fsp3) is 0.333. The van der Waals surface area contributed by atoms with Gasteiger partial charge in [-0.05, 0) is 48.7 Å². The molecular formula is C21H20ClNO4S. The highest BCUT2D eigenvalue weighted by Gasteiger charge is 2.77. The second-order valence-corrected chi connectivity index (χ2v) is 9.20. The third-order valence-corrected chi connectivity index (χ3v) is 7.65. The van der Waals surface area contributed by atoms with Crippen LogP contribution in [0.1, 0.15) is 30.9 Å². The summed E-state index contributed by atoms with van der Waals surface area (Å²) in [6.07, 6.45) is 0.832. The van der Waals surface area contributed by atoms with E-state index in [1.807, 2.05) is 25.1 Å². The Morgan fingerprint density at radius 2 is 1.75 bits per heavy atom. The third kappa shape index (κ3) is 3.19. The molecule has 2 aromatic carbocycles. The summed E-state index contributed by atoms with van der Waals surface area (Å²) in [5.74, 6) is -1.59. The molecule has 2 aromatic rings. The second-order valence-electron chi connectivity index (χ2n) is 6.69. The Morgan fingerprint density at radius 3 is 2.25 bits per heavy atom. The number of ether oxygens (including phenoxy) is 1. The Morgan fingerprint density at radius 1 is 1.14 bits per heavy atom. The van der Waals surface area contributed by atoms with Crippen LogP contribution in [0.3, 0.4) is 0 Å². The van der Waals surface area contributed by atoms with Gasteiger partial charge in [0.1, 0.15) is 5.25 Å². The first kappa shape index (κ1) is 20.4. The number of aryl methyl sites for hydroxylation is 1. The minimum absolute atomic E-state index is 0.0264. The van der Waals surface area contributed by atoms with Crippen LogP contribution in [0.4, 0.5) is 0 Å². The van der Waals surface area contributed by atoms with Crippen molar-refractivity contribution in [3.05, 3.63) is 64.7 Å². The molecular weight excluding hydrogens is 398 g/mol. The predicted octanol–water partition coefficient (Wildman–Crippen LogP) is 3.92. The van der Waals surface area contributed by atoms with Crippen LogP contribution in [0, 0.1) is 16.7 Å². The van der Waals surface area contributed by atoms with E-state index in [9.17, 15) is 18.5 Å². The van der Waals surface area contributed by atoms with E-state index in [-0.39, 0.29) is 11.5 Å². The van der Waals surface area contributed by atoms with E-state index in [1.54, 1.807) is 19.1 Å². The standard InChI is InChI=1S/C21H20ClNO4S/c1-3-14-5-7-15(8-6-14)18-19(21(18,13-23)20(24)27-4-2)28(25,26)17-11-9-16(22)10-12-17/h5-12,18-19H,3-4H2,1-2H3/t18-,19+,21+/m0/s1. The fourth-order valence-electron chi connectivity index (χ4n) is 3.62. The van der Waals surface area contributed by atoms with Gasteiger partial charge >= 0.3 is 5.97 Å². The smallest absolute Gasteiger partial charge is 0.328 e. The van der Waals surface area contributed by atoms with Crippen LogP contribution in [0.25, 0.3) is 0 Å². The van der Waals surface area contributed by atoms with Crippen LogP contribution >= 0.6 is 11.6 Å². The van der Waals surface area contributed by atoms with E-state index < -0.39 is 32.4 Å². The highest BCUT2D eigenvalue weighted by molar-refractivity contribution is 7.92. The number of esters is 1. The van der Waals surface area contributed by atoms with Crippen molar-refractivity contribution in [2.45, 2.75) is 36.3 Å². The number of hydrogen-bond acceptors (Lipinski definition) is 5. The van der Waals surface area contributed by atoms with Gasteiger partial charge in [0.25, 0.3) is 0 Å². The van der Waals surface area contributed by atoms with Gasteiger partial charge in [0.15, 0.2) is 15.3 Å². The lowest BCUT2D eigenvalue weighted by Gasteiger charge is -2.09. The van der Waals surface area contributed by atoms with Gasteiger partial charge in [-0.3, -0.25) is 4.79 Å². The first-order chi connectivity index (χ1) is 13.3. The van der Waals surface area contributed by atoms with Gasteiger partial charge in [-0.1, -0.05) is 42.8 Å². The highest BCUT2D eigenvalue weighted by atomic mass is 35.5. The Labute approximate surface area is 169 Å². The largest absolute Gasteiger partial charge is 0.465 e. The van der Waals surface area contributed by atoms with Crippen molar-refractivity contribution in [3.63, 3.8) is 0 Å². The molecule has 0 aliphatic heterocycles. The number of carbonyl (C=O) groups excluding carboxylic acids is 1. The van der Waals surface area contributed by atoms with Crippen LogP contribution in [0.15, 0.2) is 53.4 Å². The molecule has 146 valence electrons. The molecule has 0 heterocycles. The maximum atomic E-state index is 13.3. The summed E-state index contributed by atoms with van der Waals surface area (Å²) >= 11 is 5.86. The van der Waals surface area contributed by atoms with Gasteiger partial charge in [-0.25, -0.2) is 8.42 Å². The molecule has 0 N–H and O–H groups in total. The van der Waals surface area contributed by atoms with Crippen molar-refractivity contribution in [1.82, 2.24) is 0 Å². The maximum absolute atomic E-state index is 13.3. The molecule has 3 rings (SSSR count). The van der Waals surface area contributed by atoms with Crippen molar-refractivity contribution in [3.8, 4) is 6.07 Å². The zero-order valence-electron chi connectivity index (χ0n) is 15.6. The average Bonchev–Trinajstić information content (AvgIpc) is 3.40. The summed E-state index contributed by atoms with van der Waals surface area (Å²) in [5, 5.41) is 9.07. The normalized spacial score (nSPS) is 23.6. The van der Waals surface area contributed by atoms with E-state index in [4.69, 9.17) is 16.3 Å². The second kappa shape index (κ2) is 7.57. The Bertz CT molecular complexity index is 1030. The number of rotatable bonds is 6. The third-order valence-electron chi connectivity index (χ3n) is 5.15. The van der Waals surface area contributed by atoms with Gasteiger partial charge in [0.2, 0.25) is 0 Å². The van der Waals surface area contributed by atoms with Gasteiger partial charge < -0.3 is 4.74 Å². The van der Waals surface area contributed by atoms with Crippen molar-refractivity contribution < 1.29 is 17.9 Å². The van der Waals surface area contributed by atoms with E-state index in [1.165, 1.54) is 24.3 Å². The first-order valence-corrected chi connectivity index (χ1v) is 10.9. The van der Waals surface area contributed by atoms with Crippen LogP contribution in [-0.4, -0.2) is 26.2 Å². The first-order valence-electron chi connectivity index (χ1n) is 8.99. The molecule has 0 radical (unpaired) electrons. The number of hydrogen-bond donors (Lipinski definition) is 0. The van der Waals surface area contributed by atoms with Crippen molar-refractivity contribution in [1.29, 1.82) is 5.26 Å². The Kier molecular flexibility index (Phi) is 5.51. The lowest BCUT2D eigenvalue weighted by Crippen LogP contribution is -2.25. The van der Waals surface area contributed by atoms with E-state index in [0.29, 0.717) is 10.6 Å². The van der Waals surface area contributed by atoms with Crippen LogP contribution in [0.2, 0.25) is 5.02 Å². The SMILES string of the molecule is CCOC(=O)[C@@]1(C#N)[C@H](S(=O)(=O)c2ccc(Cl)cc2)[C@@H]1c1ccc(CC)cc1. The molecule has 28 heavy (non-hydrogen) atoms.